The lowest BCUT2D eigenvalue weighted by Crippen LogP contribution is -2.50. The molecule has 2 aliphatic rings. The van der Waals surface area contributed by atoms with Crippen LogP contribution < -0.4 is 10.2 Å². The predicted molar refractivity (Wildman–Crippen MR) is 152 cm³/mol. The first-order chi connectivity index (χ1) is 19.3. The number of fused-ring (bicyclic) bond motifs is 1. The van der Waals surface area contributed by atoms with E-state index in [1.54, 1.807) is 23.2 Å². The number of rotatable bonds is 6. The van der Waals surface area contributed by atoms with E-state index in [0.29, 0.717) is 29.4 Å². The van der Waals surface area contributed by atoms with Crippen LogP contribution in [0.1, 0.15) is 39.8 Å². The summed E-state index contributed by atoms with van der Waals surface area (Å²) in [5.41, 5.74) is 7.49. The molecule has 9 heteroatoms. The molecule has 1 aromatic heterocycles. The highest BCUT2D eigenvalue weighted by molar-refractivity contribution is 6.31. The Hall–Kier alpha value is -4.01. The van der Waals surface area contributed by atoms with Gasteiger partial charge in [0.2, 0.25) is 5.91 Å². The Labute approximate surface area is 237 Å². The minimum Gasteiger partial charge on any atom is -0.314 e. The molecule has 204 valence electrons. The van der Waals surface area contributed by atoms with Crippen LogP contribution in [0.25, 0.3) is 11.4 Å². The second-order valence-electron chi connectivity index (χ2n) is 10.5. The fourth-order valence-corrected chi connectivity index (χ4v) is 5.84. The average Bonchev–Trinajstić information content (AvgIpc) is 3.50. The van der Waals surface area contributed by atoms with Crippen molar-refractivity contribution in [1.82, 2.24) is 19.8 Å². The number of amides is 3. The third-order valence-corrected chi connectivity index (χ3v) is 8.14. The van der Waals surface area contributed by atoms with Crippen LogP contribution in [0.4, 0.5) is 15.0 Å². The maximum absolute atomic E-state index is 14.3. The van der Waals surface area contributed by atoms with Gasteiger partial charge in [0.05, 0.1) is 6.20 Å². The van der Waals surface area contributed by atoms with E-state index in [4.69, 9.17) is 11.6 Å². The van der Waals surface area contributed by atoms with Gasteiger partial charge in [0.15, 0.2) is 0 Å². The standard InChI is InChI=1S/C31H29ClFN5O2/c1-19-12-20(13-25-26(32)4-3-5-27(25)33)6-7-22(19)16-37-17-23-9-8-21(14-24(23)18-37)30-34-15-29(36(30)2)38-11-10-28(39)35-31(38)40/h3-9,12,14-15H,10-11,13,16-18H2,1-2H3,(H,35,39,40). The number of hydrogen-bond donors (Lipinski definition) is 1. The number of halogens is 2. The number of anilines is 1. The number of aryl methyl sites for hydroxylation is 1. The largest absolute Gasteiger partial charge is 0.329 e. The number of urea groups is 1. The first-order valence-electron chi connectivity index (χ1n) is 13.3. The molecule has 1 N–H and O–H groups in total. The summed E-state index contributed by atoms with van der Waals surface area (Å²) in [6, 6.07) is 17.1. The molecule has 0 saturated carbocycles. The summed E-state index contributed by atoms with van der Waals surface area (Å²) in [5, 5.41) is 2.82. The maximum Gasteiger partial charge on any atom is 0.329 e. The molecule has 0 bridgehead atoms. The lowest BCUT2D eigenvalue weighted by Gasteiger charge is -2.26. The molecule has 3 amide bonds. The average molecular weight is 558 g/mol. The third kappa shape index (κ3) is 5.00. The Morgan fingerprint density at radius 1 is 1.05 bits per heavy atom. The van der Waals surface area contributed by atoms with Crippen molar-refractivity contribution >= 4 is 29.4 Å². The molecule has 3 aromatic carbocycles. The number of nitrogens with one attached hydrogen (secondary N) is 1. The van der Waals surface area contributed by atoms with Gasteiger partial charge >= 0.3 is 6.03 Å². The molecule has 6 rings (SSSR count). The molecule has 40 heavy (non-hydrogen) atoms. The second-order valence-corrected chi connectivity index (χ2v) is 10.9. The fraction of sp³-hybridized carbons (Fsp3) is 0.258. The molecular formula is C31H29ClFN5O2. The number of imide groups is 1. The summed E-state index contributed by atoms with van der Waals surface area (Å²) in [7, 11) is 1.88. The van der Waals surface area contributed by atoms with E-state index >= 15 is 0 Å². The molecule has 2 aliphatic heterocycles. The van der Waals surface area contributed by atoms with Crippen LogP contribution >= 0.6 is 11.6 Å². The zero-order chi connectivity index (χ0) is 28.0. The summed E-state index contributed by atoms with van der Waals surface area (Å²) in [6.07, 6.45) is 2.40. The van der Waals surface area contributed by atoms with Gasteiger partial charge in [0.25, 0.3) is 0 Å². The molecule has 7 nitrogen and oxygen atoms in total. The van der Waals surface area contributed by atoms with Gasteiger partial charge in [-0.2, -0.15) is 0 Å². The van der Waals surface area contributed by atoms with E-state index in [-0.39, 0.29) is 18.1 Å². The highest BCUT2D eigenvalue weighted by atomic mass is 35.5. The van der Waals surface area contributed by atoms with Gasteiger partial charge in [-0.3, -0.25) is 19.9 Å². The lowest BCUT2D eigenvalue weighted by atomic mass is 9.99. The normalized spacial score (nSPS) is 15.4. The number of nitrogens with zero attached hydrogens (tertiary/aromatic N) is 4. The molecule has 0 radical (unpaired) electrons. The minimum absolute atomic E-state index is 0.259. The molecule has 0 aliphatic carbocycles. The van der Waals surface area contributed by atoms with E-state index in [9.17, 15) is 14.0 Å². The Bertz CT molecular complexity index is 1630. The Balaban J connectivity index is 1.15. The zero-order valence-corrected chi connectivity index (χ0v) is 23.1. The van der Waals surface area contributed by atoms with Crippen molar-refractivity contribution in [3.8, 4) is 11.4 Å². The highest BCUT2D eigenvalue weighted by Gasteiger charge is 2.28. The van der Waals surface area contributed by atoms with Crippen molar-refractivity contribution in [2.75, 3.05) is 11.4 Å². The van der Waals surface area contributed by atoms with Crippen molar-refractivity contribution in [2.24, 2.45) is 7.05 Å². The molecule has 0 atom stereocenters. The van der Waals surface area contributed by atoms with Crippen LogP contribution in [0.5, 0.6) is 0 Å². The van der Waals surface area contributed by atoms with Crippen molar-refractivity contribution in [1.29, 1.82) is 0 Å². The van der Waals surface area contributed by atoms with E-state index in [2.05, 4.69) is 58.5 Å². The zero-order valence-electron chi connectivity index (χ0n) is 22.4. The first-order valence-corrected chi connectivity index (χ1v) is 13.6. The molecule has 1 saturated heterocycles. The van der Waals surface area contributed by atoms with Crippen molar-refractivity contribution in [3.63, 3.8) is 0 Å². The number of carbonyl (C=O) groups is 2. The van der Waals surface area contributed by atoms with Gasteiger partial charge < -0.3 is 4.57 Å². The molecule has 0 spiro atoms. The Morgan fingerprint density at radius 2 is 1.88 bits per heavy atom. The van der Waals surface area contributed by atoms with Crippen LogP contribution in [0, 0.1) is 12.7 Å². The predicted octanol–water partition coefficient (Wildman–Crippen LogP) is 5.74. The van der Waals surface area contributed by atoms with Gasteiger partial charge in [-0.05, 0) is 52.9 Å². The van der Waals surface area contributed by atoms with Gasteiger partial charge in [-0.15, -0.1) is 0 Å². The van der Waals surface area contributed by atoms with E-state index in [1.807, 2.05) is 11.6 Å². The van der Waals surface area contributed by atoms with E-state index in [0.717, 1.165) is 36.6 Å². The van der Waals surface area contributed by atoms with E-state index < -0.39 is 6.03 Å². The topological polar surface area (TPSA) is 70.5 Å². The van der Waals surface area contributed by atoms with Crippen molar-refractivity contribution < 1.29 is 14.0 Å². The van der Waals surface area contributed by atoms with Gasteiger partial charge in [0, 0.05) is 62.2 Å². The van der Waals surface area contributed by atoms with Crippen LogP contribution in [-0.4, -0.2) is 32.9 Å². The van der Waals surface area contributed by atoms with Gasteiger partial charge in [-0.1, -0.05) is 48.0 Å². The number of aromatic nitrogens is 2. The number of benzene rings is 3. The SMILES string of the molecule is Cc1cc(Cc2c(F)cccc2Cl)ccc1CN1Cc2ccc(-c3ncc(N4CCC(=O)NC4=O)n3C)cc2C1. The Morgan fingerprint density at radius 3 is 2.65 bits per heavy atom. The number of carbonyl (C=O) groups excluding carboxylic acids is 2. The van der Waals surface area contributed by atoms with Crippen LogP contribution in [0.2, 0.25) is 5.02 Å². The third-order valence-electron chi connectivity index (χ3n) is 7.79. The molecular weight excluding hydrogens is 529 g/mol. The smallest absolute Gasteiger partial charge is 0.314 e. The maximum atomic E-state index is 14.3. The summed E-state index contributed by atoms with van der Waals surface area (Å²) >= 11 is 6.23. The molecule has 1 fully saturated rings. The molecule has 0 unspecified atom stereocenters. The molecule has 4 aromatic rings. The quantitative estimate of drug-likeness (QED) is 0.328. The van der Waals surface area contributed by atoms with Crippen LogP contribution in [0.3, 0.4) is 0 Å². The summed E-state index contributed by atoms with van der Waals surface area (Å²) in [6.45, 7) is 4.92. The summed E-state index contributed by atoms with van der Waals surface area (Å²) < 4.78 is 16.2. The number of hydrogen-bond acceptors (Lipinski definition) is 4. The first kappa shape index (κ1) is 26.2. The Kier molecular flexibility index (Phi) is 6.90. The summed E-state index contributed by atoms with van der Waals surface area (Å²) in [5.74, 6) is 0.879. The van der Waals surface area contributed by atoms with Crippen LogP contribution in [-0.2, 0) is 37.9 Å². The second kappa shape index (κ2) is 10.5. The monoisotopic (exact) mass is 557 g/mol. The van der Waals surface area contributed by atoms with Crippen LogP contribution in [0.15, 0.2) is 60.8 Å². The fourth-order valence-electron chi connectivity index (χ4n) is 5.61. The lowest BCUT2D eigenvalue weighted by molar-refractivity contribution is -0.120. The number of imidazole rings is 1. The molecule has 3 heterocycles. The van der Waals surface area contributed by atoms with Gasteiger partial charge in [-0.25, -0.2) is 14.2 Å². The highest BCUT2D eigenvalue weighted by Crippen LogP contribution is 2.31. The minimum atomic E-state index is -0.422. The van der Waals surface area contributed by atoms with Gasteiger partial charge in [0.1, 0.15) is 17.5 Å². The summed E-state index contributed by atoms with van der Waals surface area (Å²) in [4.78, 5) is 32.4. The van der Waals surface area contributed by atoms with E-state index in [1.165, 1.54) is 28.3 Å². The van der Waals surface area contributed by atoms with Crippen molar-refractivity contribution in [2.45, 2.75) is 39.4 Å². The van der Waals surface area contributed by atoms with Crippen molar-refractivity contribution in [3.05, 3.63) is 105 Å².